The monoisotopic (exact) mass is 145 g/mol. The van der Waals surface area contributed by atoms with Crippen LogP contribution in [0.2, 0.25) is 0 Å². The summed E-state index contributed by atoms with van der Waals surface area (Å²) >= 11 is 0. The van der Waals surface area contributed by atoms with Gasteiger partial charge in [0.15, 0.2) is 0 Å². The van der Waals surface area contributed by atoms with E-state index in [4.69, 9.17) is 0 Å². The van der Waals surface area contributed by atoms with Crippen LogP contribution < -0.4 is 0 Å². The summed E-state index contributed by atoms with van der Waals surface area (Å²) in [6.45, 7) is 2.07. The number of hydrogen-bond donors (Lipinski definition) is 0. The quantitative estimate of drug-likeness (QED) is 0.551. The molecule has 0 unspecified atom stereocenters. The minimum atomic E-state index is 1.14. The minimum absolute atomic E-state index is 1.14. The van der Waals surface area contributed by atoms with Crippen LogP contribution in [0.1, 0.15) is 5.56 Å². The molecule has 0 saturated heterocycles. The molecule has 0 fully saturated rings. The van der Waals surface area contributed by atoms with E-state index in [2.05, 4.69) is 18.1 Å². The molecule has 0 N–H and O–H groups in total. The molecule has 2 nitrogen and oxygen atoms in total. The first-order chi connectivity index (χ1) is 5.29. The molecular weight excluding hydrogens is 136 g/mol. The fraction of sp³-hybridized carbons (Fsp3) is 0.222. The van der Waals surface area contributed by atoms with Gasteiger partial charge in [-0.25, -0.2) is 0 Å². The summed E-state index contributed by atoms with van der Waals surface area (Å²) in [4.78, 5) is 0. The Balaban J connectivity index is 2.94. The maximum atomic E-state index is 4.15. The van der Waals surface area contributed by atoms with Gasteiger partial charge in [0.05, 0.1) is 11.7 Å². The van der Waals surface area contributed by atoms with Gasteiger partial charge < -0.3 is 0 Å². The molecule has 0 bridgehead atoms. The van der Waals surface area contributed by atoms with Gasteiger partial charge in [0.25, 0.3) is 0 Å². The fourth-order valence-corrected chi connectivity index (χ4v) is 1.25. The lowest BCUT2D eigenvalue weighted by Gasteiger charge is -1.94. The SMILES string of the molecule is Cc1c[c]cc2c1cnn2C. The molecule has 1 aromatic heterocycles. The van der Waals surface area contributed by atoms with Crippen LogP contribution in [-0.2, 0) is 7.05 Å². The van der Waals surface area contributed by atoms with Crippen molar-refractivity contribution in [2.45, 2.75) is 6.92 Å². The van der Waals surface area contributed by atoms with Crippen LogP contribution in [0.4, 0.5) is 0 Å². The maximum Gasteiger partial charge on any atom is 0.0687 e. The van der Waals surface area contributed by atoms with Crippen molar-refractivity contribution in [1.82, 2.24) is 9.78 Å². The van der Waals surface area contributed by atoms with Crippen molar-refractivity contribution >= 4 is 10.9 Å². The number of hydrogen-bond acceptors (Lipinski definition) is 1. The average Bonchev–Trinajstić information content (AvgIpc) is 2.35. The van der Waals surface area contributed by atoms with Crippen LogP contribution in [-0.4, -0.2) is 9.78 Å². The Labute approximate surface area is 65.5 Å². The summed E-state index contributed by atoms with van der Waals surface area (Å²) in [5.41, 5.74) is 2.38. The highest BCUT2D eigenvalue weighted by Crippen LogP contribution is 2.15. The van der Waals surface area contributed by atoms with Crippen molar-refractivity contribution < 1.29 is 0 Å². The largest absolute Gasteiger partial charge is 0.268 e. The molecule has 55 valence electrons. The van der Waals surface area contributed by atoms with E-state index in [0.29, 0.717) is 0 Å². The Bertz CT molecular complexity index is 387. The van der Waals surface area contributed by atoms with Crippen LogP contribution in [0.15, 0.2) is 18.3 Å². The van der Waals surface area contributed by atoms with Crippen LogP contribution >= 0.6 is 0 Å². The van der Waals surface area contributed by atoms with Crippen molar-refractivity contribution in [3.05, 3.63) is 30.0 Å². The van der Waals surface area contributed by atoms with Crippen molar-refractivity contribution in [2.75, 3.05) is 0 Å². The number of nitrogens with zero attached hydrogens (tertiary/aromatic N) is 2. The highest BCUT2D eigenvalue weighted by Gasteiger charge is 1.99. The summed E-state index contributed by atoms with van der Waals surface area (Å²) in [5, 5.41) is 5.37. The van der Waals surface area contributed by atoms with Gasteiger partial charge in [0, 0.05) is 12.4 Å². The lowest BCUT2D eigenvalue weighted by molar-refractivity contribution is 0.797. The Hall–Kier alpha value is -1.31. The van der Waals surface area contributed by atoms with Crippen molar-refractivity contribution in [2.24, 2.45) is 7.05 Å². The summed E-state index contributed by atoms with van der Waals surface area (Å²) in [6.07, 6.45) is 1.89. The third-order valence-electron chi connectivity index (χ3n) is 1.93. The highest BCUT2D eigenvalue weighted by molar-refractivity contribution is 5.81. The molecule has 0 atom stereocenters. The van der Waals surface area contributed by atoms with Gasteiger partial charge in [0.2, 0.25) is 0 Å². The minimum Gasteiger partial charge on any atom is -0.268 e. The van der Waals surface area contributed by atoms with Crippen molar-refractivity contribution in [1.29, 1.82) is 0 Å². The lowest BCUT2D eigenvalue weighted by atomic mass is 10.1. The molecule has 1 heterocycles. The van der Waals surface area contributed by atoms with Gasteiger partial charge in [-0.1, -0.05) is 6.07 Å². The Kier molecular flexibility index (Phi) is 1.22. The molecular formula is C9H9N2. The molecule has 0 aliphatic carbocycles. The van der Waals surface area contributed by atoms with Crippen LogP contribution in [0.5, 0.6) is 0 Å². The molecule has 2 rings (SSSR count). The Morgan fingerprint density at radius 2 is 2.27 bits per heavy atom. The van der Waals surface area contributed by atoms with Crippen molar-refractivity contribution in [3.8, 4) is 0 Å². The average molecular weight is 145 g/mol. The molecule has 0 saturated carbocycles. The summed E-state index contributed by atoms with van der Waals surface area (Å²) in [5.74, 6) is 0. The first-order valence-electron chi connectivity index (χ1n) is 3.57. The first kappa shape index (κ1) is 6.40. The smallest absolute Gasteiger partial charge is 0.0687 e. The van der Waals surface area contributed by atoms with E-state index in [1.807, 2.05) is 30.1 Å². The van der Waals surface area contributed by atoms with E-state index in [0.717, 1.165) is 5.52 Å². The molecule has 1 radical (unpaired) electrons. The van der Waals surface area contributed by atoms with Gasteiger partial charge in [-0.3, -0.25) is 4.68 Å². The van der Waals surface area contributed by atoms with Crippen molar-refractivity contribution in [3.63, 3.8) is 0 Å². The number of fused-ring (bicyclic) bond motifs is 1. The van der Waals surface area contributed by atoms with E-state index >= 15 is 0 Å². The summed E-state index contributed by atoms with van der Waals surface area (Å²) < 4.78 is 1.86. The van der Waals surface area contributed by atoms with Crippen LogP contribution in [0.3, 0.4) is 0 Å². The van der Waals surface area contributed by atoms with Gasteiger partial charge in [0.1, 0.15) is 0 Å². The predicted molar refractivity (Wildman–Crippen MR) is 44.3 cm³/mol. The number of benzene rings is 1. The van der Waals surface area contributed by atoms with Gasteiger partial charge in [-0.15, -0.1) is 0 Å². The van der Waals surface area contributed by atoms with E-state index in [1.54, 1.807) is 0 Å². The zero-order valence-corrected chi connectivity index (χ0v) is 6.63. The molecule has 11 heavy (non-hydrogen) atoms. The number of rotatable bonds is 0. The third-order valence-corrected chi connectivity index (χ3v) is 1.93. The fourth-order valence-electron chi connectivity index (χ4n) is 1.25. The molecule has 0 amide bonds. The first-order valence-corrected chi connectivity index (χ1v) is 3.57. The van der Waals surface area contributed by atoms with Gasteiger partial charge in [-0.05, 0) is 24.6 Å². The molecule has 2 heteroatoms. The normalized spacial score (nSPS) is 10.7. The number of aromatic nitrogens is 2. The van der Waals surface area contributed by atoms with Gasteiger partial charge >= 0.3 is 0 Å². The topological polar surface area (TPSA) is 17.8 Å². The standard InChI is InChI=1S/C9H9N2/c1-7-4-3-5-9-8(7)6-10-11(9)2/h4-6H,1-2H3. The second-order valence-electron chi connectivity index (χ2n) is 2.71. The predicted octanol–water partition coefficient (Wildman–Crippen LogP) is 1.68. The molecule has 0 spiro atoms. The lowest BCUT2D eigenvalue weighted by Crippen LogP contribution is -1.88. The van der Waals surface area contributed by atoms with E-state index in [9.17, 15) is 0 Å². The third kappa shape index (κ3) is 0.827. The molecule has 1 aromatic carbocycles. The summed E-state index contributed by atoms with van der Waals surface area (Å²) in [6, 6.07) is 7.00. The molecule has 0 aliphatic heterocycles. The second-order valence-corrected chi connectivity index (χ2v) is 2.71. The van der Waals surface area contributed by atoms with Gasteiger partial charge in [-0.2, -0.15) is 5.10 Å². The molecule has 0 aliphatic rings. The van der Waals surface area contributed by atoms with E-state index in [-0.39, 0.29) is 0 Å². The summed E-state index contributed by atoms with van der Waals surface area (Å²) in [7, 11) is 1.94. The Morgan fingerprint density at radius 1 is 1.45 bits per heavy atom. The molecule has 2 aromatic rings. The highest BCUT2D eigenvalue weighted by atomic mass is 15.2. The van der Waals surface area contributed by atoms with E-state index in [1.165, 1.54) is 10.9 Å². The second kappa shape index (κ2) is 2.09. The van der Waals surface area contributed by atoms with Crippen LogP contribution in [0, 0.1) is 13.0 Å². The number of aryl methyl sites for hydroxylation is 2. The Morgan fingerprint density at radius 3 is 3.00 bits per heavy atom. The zero-order valence-electron chi connectivity index (χ0n) is 6.63. The zero-order chi connectivity index (χ0) is 7.84. The van der Waals surface area contributed by atoms with Crippen LogP contribution in [0.25, 0.3) is 10.9 Å². The van der Waals surface area contributed by atoms with E-state index < -0.39 is 0 Å². The maximum absolute atomic E-state index is 4.15.